The molecule has 30 heavy (non-hydrogen) atoms. The molecule has 0 aliphatic heterocycles. The number of methoxy groups -OCH3 is 1. The first-order valence-corrected chi connectivity index (χ1v) is 10.3. The van der Waals surface area contributed by atoms with Gasteiger partial charge in [-0.25, -0.2) is 4.79 Å². The van der Waals surface area contributed by atoms with Crippen molar-refractivity contribution < 1.29 is 14.6 Å². The second-order valence-corrected chi connectivity index (χ2v) is 7.81. The van der Waals surface area contributed by atoms with Crippen LogP contribution >= 0.6 is 27.5 Å². The monoisotopic (exact) mass is 487 g/mol. The molecule has 154 valence electrons. The molecule has 0 unspecified atom stereocenters. The highest BCUT2D eigenvalue weighted by Gasteiger charge is 2.11. The molecule has 0 amide bonds. The lowest BCUT2D eigenvalue weighted by Crippen LogP contribution is -2.24. The molecule has 5 nitrogen and oxygen atoms in total. The molecule has 3 aromatic rings. The van der Waals surface area contributed by atoms with E-state index in [-0.39, 0.29) is 16.1 Å². The fourth-order valence-electron chi connectivity index (χ4n) is 2.98. The molecule has 1 heterocycles. The van der Waals surface area contributed by atoms with E-state index in [1.165, 1.54) is 0 Å². The highest BCUT2D eigenvalue weighted by molar-refractivity contribution is 9.10. The Kier molecular flexibility index (Phi) is 7.13. The van der Waals surface area contributed by atoms with E-state index in [9.17, 15) is 9.59 Å². The number of pyridine rings is 1. The number of carboxylic acid groups (broad SMARTS) is 1. The van der Waals surface area contributed by atoms with Gasteiger partial charge in [-0.2, -0.15) is 0 Å². The number of halogens is 2. The zero-order valence-electron chi connectivity index (χ0n) is 16.1. The number of carbonyl (C=O) groups is 1. The highest BCUT2D eigenvalue weighted by Crippen LogP contribution is 2.22. The maximum atomic E-state index is 12.7. The fraction of sp³-hybridized carbons (Fsp3) is 0.130. The van der Waals surface area contributed by atoms with Gasteiger partial charge in [0.15, 0.2) is 0 Å². The standard InChI is InChI=1S/C23H19BrClNO4/c1-30-18-4-2-3-16(13-18)7-10-21-19(24)14-20(25)22(27)26(21)12-11-15-5-8-17(9-6-15)23(28)29/h2-10,13-14H,11-12H2,1H3,(H,28,29)/b10-7+. The van der Waals surface area contributed by atoms with Crippen LogP contribution in [0.25, 0.3) is 12.2 Å². The second kappa shape index (κ2) is 9.78. The van der Waals surface area contributed by atoms with Gasteiger partial charge in [-0.15, -0.1) is 0 Å². The Morgan fingerprint density at radius 2 is 1.90 bits per heavy atom. The number of nitrogens with zero attached hydrogens (tertiary/aromatic N) is 1. The maximum absolute atomic E-state index is 12.7. The molecule has 0 radical (unpaired) electrons. The van der Waals surface area contributed by atoms with Gasteiger partial charge < -0.3 is 14.4 Å². The number of hydrogen-bond donors (Lipinski definition) is 1. The summed E-state index contributed by atoms with van der Waals surface area (Å²) in [6.07, 6.45) is 4.30. The Bertz CT molecular complexity index is 1150. The van der Waals surface area contributed by atoms with Gasteiger partial charge in [0.1, 0.15) is 10.8 Å². The van der Waals surface area contributed by atoms with E-state index in [4.69, 9.17) is 21.4 Å². The quantitative estimate of drug-likeness (QED) is 0.484. The normalized spacial score (nSPS) is 11.0. The molecular formula is C23H19BrClNO4. The Labute approximate surface area is 187 Å². The second-order valence-electron chi connectivity index (χ2n) is 6.54. The molecule has 1 aromatic heterocycles. The Morgan fingerprint density at radius 3 is 2.57 bits per heavy atom. The Morgan fingerprint density at radius 1 is 1.17 bits per heavy atom. The third-order valence-electron chi connectivity index (χ3n) is 4.59. The molecule has 0 saturated heterocycles. The summed E-state index contributed by atoms with van der Waals surface area (Å²) >= 11 is 9.62. The van der Waals surface area contributed by atoms with Crippen molar-refractivity contribution in [2.24, 2.45) is 0 Å². The van der Waals surface area contributed by atoms with Gasteiger partial charge in [0.2, 0.25) is 0 Å². The molecule has 0 aliphatic rings. The van der Waals surface area contributed by atoms with Gasteiger partial charge in [0.25, 0.3) is 5.56 Å². The van der Waals surface area contributed by atoms with Crippen molar-refractivity contribution in [2.45, 2.75) is 13.0 Å². The number of aromatic nitrogens is 1. The zero-order valence-corrected chi connectivity index (χ0v) is 18.5. The van der Waals surface area contributed by atoms with E-state index >= 15 is 0 Å². The lowest BCUT2D eigenvalue weighted by Gasteiger charge is -2.13. The van der Waals surface area contributed by atoms with Crippen molar-refractivity contribution >= 4 is 45.7 Å². The largest absolute Gasteiger partial charge is 0.497 e. The van der Waals surface area contributed by atoms with Crippen molar-refractivity contribution in [3.63, 3.8) is 0 Å². The number of aromatic carboxylic acids is 1. The predicted octanol–water partition coefficient (Wildman–Crippen LogP) is 5.38. The Balaban J connectivity index is 1.90. The van der Waals surface area contributed by atoms with Crippen molar-refractivity contribution in [3.8, 4) is 5.75 Å². The van der Waals surface area contributed by atoms with Crippen LogP contribution in [0.1, 0.15) is 27.2 Å². The van der Waals surface area contributed by atoms with Gasteiger partial charge in [0.05, 0.1) is 18.4 Å². The molecule has 0 bridgehead atoms. The summed E-state index contributed by atoms with van der Waals surface area (Å²) < 4.78 is 7.55. The zero-order chi connectivity index (χ0) is 21.7. The number of aryl methyl sites for hydroxylation is 1. The Hall–Kier alpha value is -2.83. The molecule has 0 aliphatic carbocycles. The van der Waals surface area contributed by atoms with Crippen molar-refractivity contribution in [1.82, 2.24) is 4.57 Å². The summed E-state index contributed by atoms with van der Waals surface area (Å²) in [6, 6.07) is 15.8. The minimum absolute atomic E-state index is 0.127. The minimum atomic E-state index is -0.971. The van der Waals surface area contributed by atoms with Gasteiger partial charge in [-0.1, -0.05) is 41.9 Å². The van der Waals surface area contributed by atoms with Gasteiger partial charge in [-0.3, -0.25) is 4.79 Å². The summed E-state index contributed by atoms with van der Waals surface area (Å²) in [5, 5.41) is 9.15. The molecule has 0 fully saturated rings. The molecule has 2 aromatic carbocycles. The first-order chi connectivity index (χ1) is 14.4. The predicted molar refractivity (Wildman–Crippen MR) is 122 cm³/mol. The maximum Gasteiger partial charge on any atom is 0.335 e. The summed E-state index contributed by atoms with van der Waals surface area (Å²) in [7, 11) is 1.61. The topological polar surface area (TPSA) is 68.5 Å². The van der Waals surface area contributed by atoms with Gasteiger partial charge >= 0.3 is 5.97 Å². The molecule has 0 atom stereocenters. The average Bonchev–Trinajstić information content (AvgIpc) is 2.75. The van der Waals surface area contributed by atoms with Crippen LogP contribution in [0.5, 0.6) is 5.75 Å². The van der Waals surface area contributed by atoms with Gasteiger partial charge in [-0.05, 0) is 69.9 Å². The van der Waals surface area contributed by atoms with E-state index in [2.05, 4.69) is 15.9 Å². The smallest absolute Gasteiger partial charge is 0.335 e. The molecule has 1 N–H and O–H groups in total. The van der Waals surface area contributed by atoms with Crippen LogP contribution < -0.4 is 10.3 Å². The fourth-order valence-corrected chi connectivity index (χ4v) is 3.90. The third kappa shape index (κ3) is 5.20. The lowest BCUT2D eigenvalue weighted by atomic mass is 10.1. The van der Waals surface area contributed by atoms with Crippen molar-refractivity contribution in [3.05, 3.63) is 96.8 Å². The molecule has 3 rings (SSSR count). The first-order valence-electron chi connectivity index (χ1n) is 9.12. The number of carboxylic acids is 1. The van der Waals surface area contributed by atoms with E-state index < -0.39 is 5.97 Å². The van der Waals surface area contributed by atoms with E-state index in [0.29, 0.717) is 23.1 Å². The molecule has 7 heteroatoms. The molecular weight excluding hydrogens is 470 g/mol. The van der Waals surface area contributed by atoms with Crippen LogP contribution in [0.15, 0.2) is 63.9 Å². The lowest BCUT2D eigenvalue weighted by molar-refractivity contribution is 0.0697. The highest BCUT2D eigenvalue weighted by atomic mass is 79.9. The first kappa shape index (κ1) is 21.9. The van der Waals surface area contributed by atoms with Crippen LogP contribution in [0, 0.1) is 0 Å². The number of rotatable bonds is 7. The summed E-state index contributed by atoms with van der Waals surface area (Å²) in [5.74, 6) is -0.226. The van der Waals surface area contributed by atoms with Crippen LogP contribution in [0.4, 0.5) is 0 Å². The number of ether oxygens (including phenoxy) is 1. The SMILES string of the molecule is COc1cccc(/C=C/c2c(Br)cc(Cl)c(=O)n2CCc2ccc(C(=O)O)cc2)c1. The number of hydrogen-bond acceptors (Lipinski definition) is 3. The van der Waals surface area contributed by atoms with Gasteiger partial charge in [0, 0.05) is 11.0 Å². The average molecular weight is 489 g/mol. The van der Waals surface area contributed by atoms with Crippen LogP contribution in [-0.2, 0) is 13.0 Å². The molecule has 0 spiro atoms. The third-order valence-corrected chi connectivity index (χ3v) is 5.50. The van der Waals surface area contributed by atoms with Crippen LogP contribution in [0.2, 0.25) is 5.02 Å². The minimum Gasteiger partial charge on any atom is -0.497 e. The summed E-state index contributed by atoms with van der Waals surface area (Å²) in [5.41, 5.74) is 2.48. The van der Waals surface area contributed by atoms with Crippen LogP contribution in [-0.4, -0.2) is 22.8 Å². The van der Waals surface area contributed by atoms with Crippen molar-refractivity contribution in [2.75, 3.05) is 7.11 Å². The van der Waals surface area contributed by atoms with E-state index in [0.717, 1.165) is 16.9 Å². The van der Waals surface area contributed by atoms with Crippen molar-refractivity contribution in [1.29, 1.82) is 0 Å². The van der Waals surface area contributed by atoms with E-state index in [1.807, 2.05) is 36.4 Å². The number of benzene rings is 2. The van der Waals surface area contributed by atoms with E-state index in [1.54, 1.807) is 42.0 Å². The summed E-state index contributed by atoms with van der Waals surface area (Å²) in [4.78, 5) is 23.7. The summed E-state index contributed by atoms with van der Waals surface area (Å²) in [6.45, 7) is 0.391. The molecule has 0 saturated carbocycles. The van der Waals surface area contributed by atoms with Crippen LogP contribution in [0.3, 0.4) is 0 Å².